The zero-order valence-electron chi connectivity index (χ0n) is 10.5. The number of phosphoric acid groups is 1. The minimum Gasteiger partial charge on any atom is -0.372 e. The molecule has 1 fully saturated rings. The SMILES string of the molecule is C.C.CCOP(=O)(OC)OC1C(C)C(C)O[C@H]1C. The van der Waals surface area contributed by atoms with Crippen LogP contribution >= 0.6 is 7.82 Å². The lowest BCUT2D eigenvalue weighted by atomic mass is 10.0. The van der Waals surface area contributed by atoms with Crippen LogP contribution in [0.2, 0.25) is 0 Å². The lowest BCUT2D eigenvalue weighted by molar-refractivity contribution is 0.0198. The standard InChI is InChI=1S/C10H21O5P.2CH4/c1-6-13-16(11,12-5)15-10-7(2)8(3)14-9(10)4;;/h7-10H,6H2,1-5H3;2*1H4/t7?,8?,9-,10?,16?;;/m0../s1. The van der Waals surface area contributed by atoms with Crippen molar-refractivity contribution in [1.29, 1.82) is 0 Å². The smallest absolute Gasteiger partial charge is 0.372 e. The molecule has 0 aromatic heterocycles. The van der Waals surface area contributed by atoms with Gasteiger partial charge >= 0.3 is 7.82 Å². The van der Waals surface area contributed by atoms with E-state index in [2.05, 4.69) is 0 Å². The fraction of sp³-hybridized carbons (Fsp3) is 1.00. The van der Waals surface area contributed by atoms with Gasteiger partial charge in [-0.05, 0) is 20.8 Å². The minimum atomic E-state index is -3.43. The van der Waals surface area contributed by atoms with Crippen LogP contribution in [0.15, 0.2) is 0 Å². The van der Waals surface area contributed by atoms with Gasteiger partial charge in [-0.15, -0.1) is 0 Å². The van der Waals surface area contributed by atoms with E-state index in [1.807, 2.05) is 20.8 Å². The second kappa shape index (κ2) is 8.28. The summed E-state index contributed by atoms with van der Waals surface area (Å²) >= 11 is 0. The van der Waals surface area contributed by atoms with Crippen molar-refractivity contribution in [3.63, 3.8) is 0 Å². The van der Waals surface area contributed by atoms with E-state index in [9.17, 15) is 4.57 Å². The van der Waals surface area contributed by atoms with E-state index in [0.717, 1.165) is 0 Å². The van der Waals surface area contributed by atoms with Crippen LogP contribution in [-0.4, -0.2) is 32.0 Å². The second-order valence-electron chi connectivity index (χ2n) is 4.02. The molecule has 1 saturated heterocycles. The summed E-state index contributed by atoms with van der Waals surface area (Å²) in [6.45, 7) is 7.91. The third kappa shape index (κ3) is 4.63. The van der Waals surface area contributed by atoms with Crippen molar-refractivity contribution in [2.45, 2.75) is 60.9 Å². The highest BCUT2D eigenvalue weighted by Gasteiger charge is 2.42. The average molecular weight is 284 g/mol. The van der Waals surface area contributed by atoms with Crippen LogP contribution in [0.5, 0.6) is 0 Å². The molecule has 6 heteroatoms. The molecule has 0 radical (unpaired) electrons. The van der Waals surface area contributed by atoms with Crippen LogP contribution in [0, 0.1) is 5.92 Å². The van der Waals surface area contributed by atoms with Crippen LogP contribution in [0.1, 0.15) is 42.5 Å². The summed E-state index contributed by atoms with van der Waals surface area (Å²) in [6, 6.07) is 0. The van der Waals surface area contributed by atoms with Crippen molar-refractivity contribution in [3.05, 3.63) is 0 Å². The van der Waals surface area contributed by atoms with Gasteiger partial charge in [0, 0.05) is 13.0 Å². The summed E-state index contributed by atoms with van der Waals surface area (Å²) in [5.41, 5.74) is 0. The summed E-state index contributed by atoms with van der Waals surface area (Å²) < 4.78 is 32.9. The molecule has 112 valence electrons. The first-order chi connectivity index (χ1) is 7.43. The third-order valence-corrected chi connectivity index (χ3v) is 4.44. The van der Waals surface area contributed by atoms with Gasteiger partial charge in [0.25, 0.3) is 0 Å². The maximum atomic E-state index is 12.0. The molecule has 5 nitrogen and oxygen atoms in total. The highest BCUT2D eigenvalue weighted by atomic mass is 31.2. The predicted octanol–water partition coefficient (Wildman–Crippen LogP) is 3.88. The van der Waals surface area contributed by atoms with Gasteiger partial charge in [-0.25, -0.2) is 4.57 Å². The molecule has 5 atom stereocenters. The topological polar surface area (TPSA) is 54.0 Å². The summed E-state index contributed by atoms with van der Waals surface area (Å²) in [6.07, 6.45) is -0.270. The Morgan fingerprint density at radius 2 is 1.72 bits per heavy atom. The number of phosphoric ester groups is 1. The van der Waals surface area contributed by atoms with Gasteiger partial charge in [0.2, 0.25) is 0 Å². The Bertz CT molecular complexity index is 271. The number of hydrogen-bond acceptors (Lipinski definition) is 5. The van der Waals surface area contributed by atoms with Crippen molar-refractivity contribution in [2.75, 3.05) is 13.7 Å². The highest BCUT2D eigenvalue weighted by molar-refractivity contribution is 7.48. The Balaban J connectivity index is 0. The number of rotatable bonds is 5. The van der Waals surface area contributed by atoms with E-state index < -0.39 is 7.82 Å². The van der Waals surface area contributed by atoms with E-state index in [4.69, 9.17) is 18.3 Å². The molecule has 0 bridgehead atoms. The molecule has 4 unspecified atom stereocenters. The molecule has 1 aliphatic heterocycles. The largest absolute Gasteiger partial charge is 0.474 e. The molecular formula is C12H29O5P. The molecule has 18 heavy (non-hydrogen) atoms. The zero-order chi connectivity index (χ0) is 12.3. The first-order valence-electron chi connectivity index (χ1n) is 5.57. The maximum absolute atomic E-state index is 12.0. The van der Waals surface area contributed by atoms with Crippen LogP contribution in [0.25, 0.3) is 0 Å². The van der Waals surface area contributed by atoms with Gasteiger partial charge in [-0.1, -0.05) is 21.8 Å². The summed E-state index contributed by atoms with van der Waals surface area (Å²) in [4.78, 5) is 0. The average Bonchev–Trinajstić information content (AvgIpc) is 2.46. The molecule has 0 saturated carbocycles. The number of hydrogen-bond donors (Lipinski definition) is 0. The van der Waals surface area contributed by atoms with E-state index in [1.54, 1.807) is 6.92 Å². The van der Waals surface area contributed by atoms with Gasteiger partial charge in [0.05, 0.1) is 18.8 Å². The lowest BCUT2D eigenvalue weighted by Crippen LogP contribution is -2.26. The molecule has 0 amide bonds. The first kappa shape index (κ1) is 20.4. The molecule has 0 spiro atoms. The fourth-order valence-corrected chi connectivity index (χ4v) is 3.08. The van der Waals surface area contributed by atoms with Crippen molar-refractivity contribution < 1.29 is 22.9 Å². The van der Waals surface area contributed by atoms with Crippen LogP contribution in [0.4, 0.5) is 0 Å². The minimum absolute atomic E-state index is 0. The van der Waals surface area contributed by atoms with Crippen molar-refractivity contribution >= 4 is 7.82 Å². The molecular weight excluding hydrogens is 255 g/mol. The van der Waals surface area contributed by atoms with Crippen LogP contribution < -0.4 is 0 Å². The van der Waals surface area contributed by atoms with Gasteiger partial charge in [0.1, 0.15) is 6.10 Å². The molecule has 1 aliphatic rings. The van der Waals surface area contributed by atoms with Gasteiger partial charge < -0.3 is 4.74 Å². The molecule has 0 N–H and O–H groups in total. The van der Waals surface area contributed by atoms with E-state index >= 15 is 0 Å². The summed E-state index contributed by atoms with van der Waals surface area (Å²) in [7, 11) is -2.11. The normalized spacial score (nSPS) is 34.3. The zero-order valence-corrected chi connectivity index (χ0v) is 11.4. The molecule has 0 aromatic rings. The first-order valence-corrected chi connectivity index (χ1v) is 7.03. The van der Waals surface area contributed by atoms with Crippen molar-refractivity contribution in [2.24, 2.45) is 5.92 Å². The van der Waals surface area contributed by atoms with Crippen LogP contribution in [0.3, 0.4) is 0 Å². The highest BCUT2D eigenvalue weighted by Crippen LogP contribution is 2.52. The Morgan fingerprint density at radius 3 is 2.06 bits per heavy atom. The van der Waals surface area contributed by atoms with Gasteiger partial charge in [0.15, 0.2) is 0 Å². The van der Waals surface area contributed by atoms with Gasteiger partial charge in [-0.3, -0.25) is 13.6 Å². The van der Waals surface area contributed by atoms with Crippen LogP contribution in [-0.2, 0) is 22.9 Å². The predicted molar refractivity (Wildman–Crippen MR) is 73.7 cm³/mol. The quantitative estimate of drug-likeness (QED) is 0.717. The third-order valence-electron chi connectivity index (χ3n) is 2.91. The Labute approximate surface area is 112 Å². The molecule has 0 aliphatic carbocycles. The Hall–Kier alpha value is 0.0700. The fourth-order valence-electron chi connectivity index (χ4n) is 1.85. The molecule has 0 aromatic carbocycles. The summed E-state index contributed by atoms with van der Waals surface area (Å²) in [5.74, 6) is 0.166. The lowest BCUT2D eigenvalue weighted by Gasteiger charge is -2.23. The Morgan fingerprint density at radius 1 is 1.17 bits per heavy atom. The van der Waals surface area contributed by atoms with E-state index in [-0.39, 0.29) is 45.7 Å². The molecule has 1 rings (SSSR count). The van der Waals surface area contributed by atoms with Crippen molar-refractivity contribution in [1.82, 2.24) is 0 Å². The number of ether oxygens (including phenoxy) is 1. The van der Waals surface area contributed by atoms with Crippen molar-refractivity contribution in [3.8, 4) is 0 Å². The monoisotopic (exact) mass is 284 g/mol. The maximum Gasteiger partial charge on any atom is 0.474 e. The second-order valence-corrected chi connectivity index (χ2v) is 5.75. The van der Waals surface area contributed by atoms with E-state index in [1.165, 1.54) is 7.11 Å². The van der Waals surface area contributed by atoms with E-state index in [0.29, 0.717) is 0 Å². The van der Waals surface area contributed by atoms with Gasteiger partial charge in [-0.2, -0.15) is 0 Å². The Kier molecular flexibility index (Phi) is 9.38. The summed E-state index contributed by atoms with van der Waals surface area (Å²) in [5, 5.41) is 0. The molecule has 1 heterocycles.